The molecular formula is C8H7N3O2. The van der Waals surface area contributed by atoms with Gasteiger partial charge in [-0.05, 0) is 6.07 Å². The van der Waals surface area contributed by atoms with E-state index in [1.807, 2.05) is 0 Å². The lowest BCUT2D eigenvalue weighted by atomic mass is 10.3. The Morgan fingerprint density at radius 2 is 2.23 bits per heavy atom. The molecule has 0 aliphatic carbocycles. The standard InChI is InChI=1S/C8H7N3O2/c1-13-8-5-2-3-6(12)11-7(5)9-4-10-8/h2-4H,1H3,(H,9,10,11,12). The molecule has 2 heterocycles. The fraction of sp³-hybridized carbons (Fsp3) is 0.125. The number of ether oxygens (including phenoxy) is 1. The van der Waals surface area contributed by atoms with Crippen LogP contribution in [0.3, 0.4) is 0 Å². The quantitative estimate of drug-likeness (QED) is 0.681. The molecule has 2 rings (SSSR count). The molecule has 13 heavy (non-hydrogen) atoms. The number of fused-ring (bicyclic) bond motifs is 1. The molecule has 0 aromatic carbocycles. The van der Waals surface area contributed by atoms with Crippen molar-refractivity contribution < 1.29 is 4.74 Å². The van der Waals surface area contributed by atoms with Gasteiger partial charge in [0, 0.05) is 6.07 Å². The number of hydrogen-bond donors (Lipinski definition) is 1. The predicted molar refractivity (Wildman–Crippen MR) is 46.7 cm³/mol. The summed E-state index contributed by atoms with van der Waals surface area (Å²) in [6.07, 6.45) is 1.34. The molecule has 0 radical (unpaired) electrons. The third-order valence-electron chi connectivity index (χ3n) is 1.68. The van der Waals surface area contributed by atoms with E-state index in [0.717, 1.165) is 0 Å². The summed E-state index contributed by atoms with van der Waals surface area (Å²) >= 11 is 0. The van der Waals surface area contributed by atoms with Crippen LogP contribution in [0, 0.1) is 0 Å². The summed E-state index contributed by atoms with van der Waals surface area (Å²) < 4.78 is 4.99. The zero-order valence-electron chi connectivity index (χ0n) is 6.94. The van der Waals surface area contributed by atoms with Crippen LogP contribution in [-0.2, 0) is 0 Å². The fourth-order valence-corrected chi connectivity index (χ4v) is 1.11. The number of methoxy groups -OCH3 is 1. The van der Waals surface area contributed by atoms with E-state index in [9.17, 15) is 4.79 Å². The summed E-state index contributed by atoms with van der Waals surface area (Å²) in [5.41, 5.74) is 0.299. The van der Waals surface area contributed by atoms with Crippen LogP contribution in [0.25, 0.3) is 11.0 Å². The Bertz CT molecular complexity index is 492. The molecule has 0 spiro atoms. The first-order chi connectivity index (χ1) is 6.31. The second-order valence-electron chi connectivity index (χ2n) is 2.47. The lowest BCUT2D eigenvalue weighted by molar-refractivity contribution is 0.402. The molecule has 0 aliphatic rings. The number of aromatic amines is 1. The van der Waals surface area contributed by atoms with Crippen LogP contribution in [0.4, 0.5) is 0 Å². The van der Waals surface area contributed by atoms with E-state index < -0.39 is 0 Å². The van der Waals surface area contributed by atoms with E-state index >= 15 is 0 Å². The smallest absolute Gasteiger partial charge is 0.249 e. The van der Waals surface area contributed by atoms with Gasteiger partial charge >= 0.3 is 0 Å². The number of pyridine rings is 1. The molecule has 1 N–H and O–H groups in total. The third-order valence-corrected chi connectivity index (χ3v) is 1.68. The molecule has 2 aromatic heterocycles. The van der Waals surface area contributed by atoms with Crippen LogP contribution in [-0.4, -0.2) is 22.1 Å². The van der Waals surface area contributed by atoms with Crippen molar-refractivity contribution >= 4 is 11.0 Å². The topological polar surface area (TPSA) is 67.9 Å². The molecule has 0 aliphatic heterocycles. The summed E-state index contributed by atoms with van der Waals surface area (Å²) in [5, 5.41) is 0.699. The van der Waals surface area contributed by atoms with Crippen LogP contribution < -0.4 is 10.3 Å². The molecular weight excluding hydrogens is 170 g/mol. The van der Waals surface area contributed by atoms with Gasteiger partial charge in [-0.1, -0.05) is 0 Å². The molecule has 5 nitrogen and oxygen atoms in total. The molecule has 0 amide bonds. The maximum absolute atomic E-state index is 10.9. The van der Waals surface area contributed by atoms with Crippen molar-refractivity contribution in [2.45, 2.75) is 0 Å². The van der Waals surface area contributed by atoms with Gasteiger partial charge in [-0.3, -0.25) is 4.79 Å². The molecule has 66 valence electrons. The average Bonchev–Trinajstić information content (AvgIpc) is 2.16. The van der Waals surface area contributed by atoms with Crippen LogP contribution in [0.15, 0.2) is 23.3 Å². The highest BCUT2D eigenvalue weighted by atomic mass is 16.5. The number of nitrogens with one attached hydrogen (secondary N) is 1. The Morgan fingerprint density at radius 1 is 1.38 bits per heavy atom. The normalized spacial score (nSPS) is 10.2. The Hall–Kier alpha value is -1.91. The summed E-state index contributed by atoms with van der Waals surface area (Å²) in [7, 11) is 1.52. The van der Waals surface area contributed by atoms with Crippen molar-refractivity contribution in [2.75, 3.05) is 7.11 Å². The van der Waals surface area contributed by atoms with E-state index in [1.54, 1.807) is 6.07 Å². The Morgan fingerprint density at radius 3 is 3.00 bits per heavy atom. The highest BCUT2D eigenvalue weighted by molar-refractivity contribution is 5.79. The summed E-state index contributed by atoms with van der Waals surface area (Å²) in [6, 6.07) is 3.04. The van der Waals surface area contributed by atoms with Gasteiger partial charge in [0.15, 0.2) is 0 Å². The van der Waals surface area contributed by atoms with Crippen molar-refractivity contribution in [1.29, 1.82) is 0 Å². The molecule has 0 unspecified atom stereocenters. The van der Waals surface area contributed by atoms with Crippen molar-refractivity contribution in [3.05, 3.63) is 28.8 Å². The van der Waals surface area contributed by atoms with Crippen molar-refractivity contribution in [1.82, 2.24) is 15.0 Å². The zero-order chi connectivity index (χ0) is 9.26. The Balaban J connectivity index is 2.85. The molecule has 0 saturated heterocycles. The molecule has 0 fully saturated rings. The van der Waals surface area contributed by atoms with E-state index in [4.69, 9.17) is 4.74 Å². The average molecular weight is 177 g/mol. The molecule has 2 aromatic rings. The van der Waals surface area contributed by atoms with E-state index in [2.05, 4.69) is 15.0 Å². The largest absolute Gasteiger partial charge is 0.480 e. The lowest BCUT2D eigenvalue weighted by Gasteiger charge is -2.00. The van der Waals surface area contributed by atoms with Crippen molar-refractivity contribution in [3.8, 4) is 5.88 Å². The first kappa shape index (κ1) is 7.72. The van der Waals surface area contributed by atoms with Crippen LogP contribution in [0.5, 0.6) is 5.88 Å². The molecule has 0 bridgehead atoms. The van der Waals surface area contributed by atoms with E-state index in [0.29, 0.717) is 16.9 Å². The van der Waals surface area contributed by atoms with Gasteiger partial charge in [-0.25, -0.2) is 9.97 Å². The first-order valence-electron chi connectivity index (χ1n) is 3.69. The summed E-state index contributed by atoms with van der Waals surface area (Å²) in [4.78, 5) is 21.3. The minimum absolute atomic E-state index is 0.187. The number of aromatic nitrogens is 3. The van der Waals surface area contributed by atoms with Gasteiger partial charge in [0.1, 0.15) is 12.0 Å². The van der Waals surface area contributed by atoms with Gasteiger partial charge < -0.3 is 9.72 Å². The lowest BCUT2D eigenvalue weighted by Crippen LogP contribution is -2.04. The number of rotatable bonds is 1. The van der Waals surface area contributed by atoms with Crippen LogP contribution >= 0.6 is 0 Å². The highest BCUT2D eigenvalue weighted by Crippen LogP contribution is 2.16. The van der Waals surface area contributed by atoms with Gasteiger partial charge in [0.25, 0.3) is 0 Å². The predicted octanol–water partition coefficient (Wildman–Crippen LogP) is 0.327. The minimum Gasteiger partial charge on any atom is -0.480 e. The SMILES string of the molecule is COc1ncnc2[nH]c(=O)ccc12. The van der Waals surface area contributed by atoms with Gasteiger partial charge in [-0.15, -0.1) is 0 Å². The third kappa shape index (κ3) is 1.24. The maximum atomic E-state index is 10.9. The Labute approximate surface area is 73.4 Å². The Kier molecular flexibility index (Phi) is 1.70. The number of hydrogen-bond acceptors (Lipinski definition) is 4. The van der Waals surface area contributed by atoms with E-state index in [-0.39, 0.29) is 5.56 Å². The summed E-state index contributed by atoms with van der Waals surface area (Å²) in [6.45, 7) is 0. The summed E-state index contributed by atoms with van der Waals surface area (Å²) in [5.74, 6) is 0.459. The van der Waals surface area contributed by atoms with Gasteiger partial charge in [-0.2, -0.15) is 0 Å². The van der Waals surface area contributed by atoms with Crippen LogP contribution in [0.2, 0.25) is 0 Å². The number of nitrogens with zero attached hydrogens (tertiary/aromatic N) is 2. The zero-order valence-corrected chi connectivity index (χ0v) is 6.94. The van der Waals surface area contributed by atoms with Crippen LogP contribution in [0.1, 0.15) is 0 Å². The highest BCUT2D eigenvalue weighted by Gasteiger charge is 2.02. The maximum Gasteiger partial charge on any atom is 0.249 e. The van der Waals surface area contributed by atoms with Gasteiger partial charge in [0.2, 0.25) is 11.4 Å². The first-order valence-corrected chi connectivity index (χ1v) is 3.69. The molecule has 0 saturated carbocycles. The second kappa shape index (κ2) is 2.85. The number of H-pyrrole nitrogens is 1. The van der Waals surface area contributed by atoms with E-state index in [1.165, 1.54) is 19.5 Å². The molecule has 0 atom stereocenters. The fourth-order valence-electron chi connectivity index (χ4n) is 1.11. The monoisotopic (exact) mass is 177 g/mol. The minimum atomic E-state index is -0.187. The molecule has 5 heteroatoms. The second-order valence-corrected chi connectivity index (χ2v) is 2.47. The van der Waals surface area contributed by atoms with Crippen molar-refractivity contribution in [3.63, 3.8) is 0 Å². The van der Waals surface area contributed by atoms with Crippen molar-refractivity contribution in [2.24, 2.45) is 0 Å². The van der Waals surface area contributed by atoms with Gasteiger partial charge in [0.05, 0.1) is 12.5 Å².